The summed E-state index contributed by atoms with van der Waals surface area (Å²) in [6.07, 6.45) is 7.09. The van der Waals surface area contributed by atoms with E-state index in [1.807, 2.05) is 66.3 Å². The molecule has 0 saturated heterocycles. The Morgan fingerprint density at radius 3 is 2.53 bits per heavy atom. The molecule has 0 unspecified atom stereocenters. The maximum absolute atomic E-state index is 12.9. The summed E-state index contributed by atoms with van der Waals surface area (Å²) in [4.78, 5) is 13.0. The predicted molar refractivity (Wildman–Crippen MR) is 120 cm³/mol. The number of rotatable bonds is 7. The quantitative estimate of drug-likeness (QED) is 0.384. The van der Waals surface area contributed by atoms with Crippen LogP contribution in [0.4, 0.5) is 4.39 Å². The smallest absolute Gasteiger partial charge is 0.159 e. The van der Waals surface area contributed by atoms with Crippen molar-refractivity contribution in [3.8, 4) is 28.1 Å². The molecule has 5 rings (SSSR count). The van der Waals surface area contributed by atoms with Gasteiger partial charge in [0.05, 0.1) is 6.54 Å². The van der Waals surface area contributed by atoms with Crippen molar-refractivity contribution in [2.75, 3.05) is 6.67 Å². The molecule has 0 radical (unpaired) electrons. The van der Waals surface area contributed by atoms with E-state index in [1.54, 1.807) is 23.3 Å². The van der Waals surface area contributed by atoms with Crippen LogP contribution in [0, 0.1) is 0 Å². The van der Waals surface area contributed by atoms with Crippen LogP contribution in [-0.2, 0) is 20.2 Å². The number of benzene rings is 1. The lowest BCUT2D eigenvalue weighted by Crippen LogP contribution is -2.03. The van der Waals surface area contributed by atoms with Gasteiger partial charge in [0.25, 0.3) is 0 Å². The Labute approximate surface area is 184 Å². The van der Waals surface area contributed by atoms with Crippen molar-refractivity contribution >= 4 is 11.2 Å². The fourth-order valence-corrected chi connectivity index (χ4v) is 3.63. The van der Waals surface area contributed by atoms with E-state index in [-0.39, 0.29) is 6.54 Å². The molecular weight excluding hydrogens is 406 g/mol. The molecule has 0 fully saturated rings. The van der Waals surface area contributed by atoms with Crippen LogP contribution in [0.2, 0.25) is 0 Å². The molecular formula is C24H21FN6O. The Morgan fingerprint density at radius 2 is 1.78 bits per heavy atom. The van der Waals surface area contributed by atoms with Crippen molar-refractivity contribution in [3.05, 3.63) is 79.1 Å². The number of ether oxygens (including phenoxy) is 1. The number of halogens is 1. The standard InChI is InChI=1S/C24H21FN6O/c1-30-22(28-21-3-2-11-27-24(21)30)16-32-19-6-4-18(5-7-19)23-20(15-31(29-23)14-10-25)17-8-12-26-13-9-17/h2-9,11-13,15H,10,14,16H2,1H3/i25-1. The summed E-state index contributed by atoms with van der Waals surface area (Å²) in [6, 6.07) is 15.4. The molecule has 160 valence electrons. The minimum atomic E-state index is -0.471. The number of hydrogen-bond acceptors (Lipinski definition) is 5. The summed E-state index contributed by atoms with van der Waals surface area (Å²) in [5.74, 6) is 1.52. The molecule has 8 heteroatoms. The third-order valence-corrected chi connectivity index (χ3v) is 5.28. The summed E-state index contributed by atoms with van der Waals surface area (Å²) < 4.78 is 22.4. The molecule has 0 amide bonds. The summed E-state index contributed by atoms with van der Waals surface area (Å²) in [5.41, 5.74) is 5.30. The average molecular weight is 427 g/mol. The molecule has 4 heterocycles. The minimum absolute atomic E-state index is 0.214. The Kier molecular flexibility index (Phi) is 5.33. The fraction of sp³-hybridized carbons (Fsp3) is 0.167. The number of aryl methyl sites for hydroxylation is 2. The molecule has 7 nitrogen and oxygen atoms in total. The second kappa shape index (κ2) is 8.58. The molecule has 0 N–H and O–H groups in total. The second-order valence-electron chi connectivity index (χ2n) is 7.33. The molecule has 0 atom stereocenters. The summed E-state index contributed by atoms with van der Waals surface area (Å²) in [6.45, 7) is 0.0765. The van der Waals surface area contributed by atoms with Crippen molar-refractivity contribution in [3.63, 3.8) is 0 Å². The normalized spacial score (nSPS) is 11.2. The van der Waals surface area contributed by atoms with Crippen LogP contribution in [0.1, 0.15) is 5.82 Å². The lowest BCUT2D eigenvalue weighted by molar-refractivity contribution is 0.292. The van der Waals surface area contributed by atoms with Crippen LogP contribution in [0.25, 0.3) is 33.5 Å². The van der Waals surface area contributed by atoms with Gasteiger partial charge in [0.1, 0.15) is 36.1 Å². The minimum Gasteiger partial charge on any atom is -0.486 e. The number of imidazole rings is 1. The van der Waals surface area contributed by atoms with Crippen LogP contribution >= 0.6 is 0 Å². The molecule has 0 aliphatic heterocycles. The van der Waals surface area contributed by atoms with Crippen LogP contribution in [-0.4, -0.2) is 36.0 Å². The molecule has 5 aromatic rings. The van der Waals surface area contributed by atoms with Gasteiger partial charge < -0.3 is 9.30 Å². The highest BCUT2D eigenvalue weighted by Gasteiger charge is 2.14. The van der Waals surface area contributed by atoms with Crippen LogP contribution < -0.4 is 4.74 Å². The van der Waals surface area contributed by atoms with Gasteiger partial charge in [-0.3, -0.25) is 9.67 Å². The Bertz CT molecular complexity index is 1340. The van der Waals surface area contributed by atoms with Crippen molar-refractivity contribution in [1.29, 1.82) is 0 Å². The molecule has 0 aliphatic carbocycles. The van der Waals surface area contributed by atoms with Crippen molar-refractivity contribution in [1.82, 2.24) is 29.3 Å². The first-order chi connectivity index (χ1) is 15.7. The third-order valence-electron chi connectivity index (χ3n) is 5.28. The van der Waals surface area contributed by atoms with E-state index in [4.69, 9.17) is 4.74 Å². The SMILES string of the molecule is Cn1c(COc2ccc(-c3nn(CC[18F])cc3-c3ccncc3)cc2)nc2cccnc21. The van der Waals surface area contributed by atoms with E-state index >= 15 is 0 Å². The Morgan fingerprint density at radius 1 is 0.969 bits per heavy atom. The van der Waals surface area contributed by atoms with Gasteiger partial charge in [0, 0.05) is 43.0 Å². The molecule has 4 aromatic heterocycles. The van der Waals surface area contributed by atoms with Gasteiger partial charge >= 0.3 is 0 Å². The Balaban J connectivity index is 1.38. The number of nitrogens with zero attached hydrogens (tertiary/aromatic N) is 6. The number of fused-ring (bicyclic) bond motifs is 1. The predicted octanol–water partition coefficient (Wildman–Crippen LogP) is 4.44. The highest BCUT2D eigenvalue weighted by Crippen LogP contribution is 2.32. The number of alkyl halides is 1. The van der Waals surface area contributed by atoms with Gasteiger partial charge in [-0.15, -0.1) is 0 Å². The molecule has 32 heavy (non-hydrogen) atoms. The zero-order chi connectivity index (χ0) is 21.9. The first kappa shape index (κ1) is 19.9. The van der Waals surface area contributed by atoms with E-state index in [1.165, 1.54) is 0 Å². The maximum atomic E-state index is 12.9. The van der Waals surface area contributed by atoms with Gasteiger partial charge in [0.2, 0.25) is 0 Å². The van der Waals surface area contributed by atoms with Gasteiger partial charge in [0.15, 0.2) is 5.65 Å². The molecule has 0 bridgehead atoms. The van der Waals surface area contributed by atoms with Gasteiger partial charge in [-0.05, 0) is 54.1 Å². The number of pyridine rings is 2. The third kappa shape index (κ3) is 3.82. The first-order valence-corrected chi connectivity index (χ1v) is 10.3. The van der Waals surface area contributed by atoms with Gasteiger partial charge in [-0.1, -0.05) is 0 Å². The van der Waals surface area contributed by atoms with Crippen LogP contribution in [0.15, 0.2) is 73.3 Å². The van der Waals surface area contributed by atoms with Crippen LogP contribution in [0.5, 0.6) is 5.75 Å². The van der Waals surface area contributed by atoms with Gasteiger partial charge in [-0.2, -0.15) is 5.10 Å². The molecule has 0 aliphatic rings. The van der Waals surface area contributed by atoms with Gasteiger partial charge in [-0.25, -0.2) is 14.4 Å². The first-order valence-electron chi connectivity index (χ1n) is 10.3. The van der Waals surface area contributed by atoms with E-state index < -0.39 is 6.67 Å². The maximum Gasteiger partial charge on any atom is 0.159 e. The monoisotopic (exact) mass is 427 g/mol. The van der Waals surface area contributed by atoms with Crippen molar-refractivity contribution < 1.29 is 9.13 Å². The molecule has 0 saturated carbocycles. The van der Waals surface area contributed by atoms with Crippen molar-refractivity contribution in [2.45, 2.75) is 13.2 Å². The van der Waals surface area contributed by atoms with Crippen molar-refractivity contribution in [2.24, 2.45) is 7.05 Å². The number of hydrogen-bond donors (Lipinski definition) is 0. The summed E-state index contributed by atoms with van der Waals surface area (Å²) in [5, 5.41) is 4.60. The second-order valence-corrected chi connectivity index (χ2v) is 7.33. The fourth-order valence-electron chi connectivity index (χ4n) is 3.63. The van der Waals surface area contributed by atoms with Crippen LogP contribution in [0.3, 0.4) is 0 Å². The topological polar surface area (TPSA) is 70.7 Å². The lowest BCUT2D eigenvalue weighted by Gasteiger charge is -2.08. The lowest BCUT2D eigenvalue weighted by atomic mass is 10.0. The summed E-state index contributed by atoms with van der Waals surface area (Å²) in [7, 11) is 1.93. The van der Waals surface area contributed by atoms with E-state index in [0.29, 0.717) is 6.61 Å². The largest absolute Gasteiger partial charge is 0.486 e. The van der Waals surface area contributed by atoms with E-state index in [0.717, 1.165) is 45.1 Å². The molecule has 0 spiro atoms. The zero-order valence-corrected chi connectivity index (χ0v) is 17.5. The summed E-state index contributed by atoms with van der Waals surface area (Å²) >= 11 is 0. The van der Waals surface area contributed by atoms with E-state index in [2.05, 4.69) is 20.1 Å². The zero-order valence-electron chi connectivity index (χ0n) is 17.5. The highest BCUT2D eigenvalue weighted by molar-refractivity contribution is 5.80. The Hall–Kier alpha value is -4.07. The highest BCUT2D eigenvalue weighted by atomic mass is 18.2. The van der Waals surface area contributed by atoms with E-state index in [9.17, 15) is 4.39 Å². The number of aromatic nitrogens is 6. The molecule has 1 aromatic carbocycles. The average Bonchev–Trinajstić information content (AvgIpc) is 3.40.